The topological polar surface area (TPSA) is 77.5 Å². The molecule has 132 valence electrons. The molecule has 0 radical (unpaired) electrons. The van der Waals surface area contributed by atoms with Gasteiger partial charge in [-0.1, -0.05) is 55.3 Å². The van der Waals surface area contributed by atoms with Gasteiger partial charge in [-0.05, 0) is 36.1 Å². The zero-order chi connectivity index (χ0) is 17.9. The Labute approximate surface area is 148 Å². The molecule has 5 nitrogen and oxygen atoms in total. The fraction of sp³-hybridized carbons (Fsp3) is 0.316. The fourth-order valence-electron chi connectivity index (χ4n) is 3.26. The summed E-state index contributed by atoms with van der Waals surface area (Å²) in [5, 5.41) is 10.9. The van der Waals surface area contributed by atoms with Crippen LogP contribution in [0.3, 0.4) is 0 Å². The Morgan fingerprint density at radius 1 is 1.00 bits per heavy atom. The summed E-state index contributed by atoms with van der Waals surface area (Å²) in [7, 11) is -3.71. The first-order valence-corrected chi connectivity index (χ1v) is 9.79. The van der Waals surface area contributed by atoms with Crippen molar-refractivity contribution < 1.29 is 18.3 Å². The van der Waals surface area contributed by atoms with Crippen molar-refractivity contribution in [3.05, 3.63) is 65.7 Å². The van der Waals surface area contributed by atoms with Crippen molar-refractivity contribution in [2.75, 3.05) is 0 Å². The molecule has 2 aromatic rings. The summed E-state index contributed by atoms with van der Waals surface area (Å²) < 4.78 is 27.9. The predicted octanol–water partition coefficient (Wildman–Crippen LogP) is 2.18. The van der Waals surface area contributed by atoms with Crippen LogP contribution in [-0.4, -0.2) is 24.7 Å². The summed E-state index contributed by atoms with van der Waals surface area (Å²) in [6, 6.07) is 14.7. The van der Waals surface area contributed by atoms with Crippen molar-refractivity contribution in [1.82, 2.24) is 4.31 Å². The zero-order valence-electron chi connectivity index (χ0n) is 13.8. The number of sulfonamides is 1. The van der Waals surface area contributed by atoms with Gasteiger partial charge in [-0.3, -0.25) is 0 Å². The van der Waals surface area contributed by atoms with E-state index in [2.05, 4.69) is 0 Å². The van der Waals surface area contributed by atoms with Gasteiger partial charge in [0, 0.05) is 12.6 Å². The summed E-state index contributed by atoms with van der Waals surface area (Å²) in [4.78, 5) is 11.0. The van der Waals surface area contributed by atoms with E-state index in [0.717, 1.165) is 31.2 Å². The molecule has 3 rings (SSSR count). The third-order valence-corrected chi connectivity index (χ3v) is 6.52. The second kappa shape index (κ2) is 7.37. The maximum atomic E-state index is 13.2. The summed E-state index contributed by atoms with van der Waals surface area (Å²) in [5.41, 5.74) is 0.902. The van der Waals surface area contributed by atoms with E-state index in [-0.39, 0.29) is 16.5 Å². The molecule has 1 saturated carbocycles. The molecule has 0 saturated heterocycles. The molecule has 0 spiro atoms. The quantitative estimate of drug-likeness (QED) is 0.793. The minimum absolute atomic E-state index is 0.0222. The lowest BCUT2D eigenvalue weighted by atomic mass is 10.2. The summed E-state index contributed by atoms with van der Waals surface area (Å²) in [5.74, 6) is -1.32. The number of carboxylic acid groups (broad SMARTS) is 1. The maximum absolute atomic E-state index is 13.2. The van der Waals surface area contributed by atoms with Crippen molar-refractivity contribution in [2.45, 2.75) is 43.2 Å². The van der Waals surface area contributed by atoms with Gasteiger partial charge in [0.1, 0.15) is 0 Å². The zero-order valence-corrected chi connectivity index (χ0v) is 14.6. The third-order valence-electron chi connectivity index (χ3n) is 4.61. The number of carbonyl (C=O) groups excluding carboxylic acids is 1. The van der Waals surface area contributed by atoms with E-state index >= 15 is 0 Å². The van der Waals surface area contributed by atoms with E-state index in [9.17, 15) is 18.3 Å². The number of nitrogens with zero attached hydrogens (tertiary/aromatic N) is 1. The van der Waals surface area contributed by atoms with Crippen LogP contribution in [0.5, 0.6) is 0 Å². The average Bonchev–Trinajstić information content (AvgIpc) is 3.14. The molecule has 0 aromatic heterocycles. The summed E-state index contributed by atoms with van der Waals surface area (Å²) >= 11 is 0. The van der Waals surface area contributed by atoms with Gasteiger partial charge >= 0.3 is 0 Å². The molecule has 0 heterocycles. The highest BCUT2D eigenvalue weighted by Crippen LogP contribution is 2.30. The highest BCUT2D eigenvalue weighted by Gasteiger charge is 2.33. The van der Waals surface area contributed by atoms with Crippen LogP contribution < -0.4 is 5.11 Å². The molecule has 1 aliphatic rings. The van der Waals surface area contributed by atoms with Gasteiger partial charge in [0.15, 0.2) is 0 Å². The Bertz CT molecular complexity index is 825. The van der Waals surface area contributed by atoms with Gasteiger partial charge in [0.2, 0.25) is 10.0 Å². The van der Waals surface area contributed by atoms with Gasteiger partial charge in [-0.25, -0.2) is 8.42 Å². The van der Waals surface area contributed by atoms with Crippen LogP contribution in [0.2, 0.25) is 0 Å². The Hall–Kier alpha value is -2.18. The second-order valence-electron chi connectivity index (χ2n) is 6.29. The standard InChI is InChI=1S/C19H21NO4S/c21-19(22)16-10-12-18(13-11-16)25(23,24)20(17-8-4-5-9-17)14-15-6-2-1-3-7-15/h1-3,6-7,10-13,17H,4-5,8-9,14H2,(H,21,22)/p-1. The van der Waals surface area contributed by atoms with Gasteiger partial charge in [0.05, 0.1) is 10.9 Å². The van der Waals surface area contributed by atoms with Crippen molar-refractivity contribution in [3.63, 3.8) is 0 Å². The van der Waals surface area contributed by atoms with E-state index in [1.807, 2.05) is 30.3 Å². The Balaban J connectivity index is 1.94. The van der Waals surface area contributed by atoms with E-state index < -0.39 is 16.0 Å². The molecule has 6 heteroatoms. The number of carbonyl (C=O) groups is 1. The van der Waals surface area contributed by atoms with Crippen LogP contribution in [0, 0.1) is 0 Å². The molecule has 0 aliphatic heterocycles. The fourth-order valence-corrected chi connectivity index (χ4v) is 4.94. The molecule has 0 amide bonds. The minimum atomic E-state index is -3.71. The first kappa shape index (κ1) is 17.6. The van der Waals surface area contributed by atoms with Crippen molar-refractivity contribution in [2.24, 2.45) is 0 Å². The maximum Gasteiger partial charge on any atom is 0.243 e. The van der Waals surface area contributed by atoms with Crippen molar-refractivity contribution in [1.29, 1.82) is 0 Å². The SMILES string of the molecule is O=C([O-])c1ccc(S(=O)(=O)N(Cc2ccccc2)C2CCCC2)cc1. The second-order valence-corrected chi connectivity index (χ2v) is 8.18. The molecule has 0 unspecified atom stereocenters. The van der Waals surface area contributed by atoms with Gasteiger partial charge in [-0.15, -0.1) is 0 Å². The molecule has 25 heavy (non-hydrogen) atoms. The molecule has 0 N–H and O–H groups in total. The number of carboxylic acids is 1. The van der Waals surface area contributed by atoms with Crippen molar-refractivity contribution >= 4 is 16.0 Å². The lowest BCUT2D eigenvalue weighted by Gasteiger charge is -2.28. The largest absolute Gasteiger partial charge is 0.545 e. The van der Waals surface area contributed by atoms with Gasteiger partial charge < -0.3 is 9.90 Å². The van der Waals surface area contributed by atoms with Crippen LogP contribution in [0.4, 0.5) is 0 Å². The summed E-state index contributed by atoms with van der Waals surface area (Å²) in [6.45, 7) is 0.316. The van der Waals surface area contributed by atoms with E-state index in [4.69, 9.17) is 0 Å². The van der Waals surface area contributed by atoms with E-state index in [1.54, 1.807) is 4.31 Å². The predicted molar refractivity (Wildman–Crippen MR) is 92.2 cm³/mol. The van der Waals surface area contributed by atoms with E-state index in [0.29, 0.717) is 6.54 Å². The number of hydrogen-bond acceptors (Lipinski definition) is 4. The molecule has 0 atom stereocenters. The molecular weight excluding hydrogens is 338 g/mol. The van der Waals surface area contributed by atoms with Crippen LogP contribution in [-0.2, 0) is 16.6 Å². The van der Waals surface area contributed by atoms with Crippen LogP contribution in [0.15, 0.2) is 59.5 Å². The van der Waals surface area contributed by atoms with Gasteiger partial charge in [0.25, 0.3) is 0 Å². The Morgan fingerprint density at radius 3 is 2.16 bits per heavy atom. The monoisotopic (exact) mass is 358 g/mol. The number of rotatable bonds is 6. The molecule has 1 fully saturated rings. The minimum Gasteiger partial charge on any atom is -0.545 e. The highest BCUT2D eigenvalue weighted by atomic mass is 32.2. The number of aromatic carboxylic acids is 1. The van der Waals surface area contributed by atoms with E-state index in [1.165, 1.54) is 24.3 Å². The molecule has 2 aromatic carbocycles. The summed E-state index contributed by atoms with van der Waals surface area (Å²) in [6.07, 6.45) is 3.75. The lowest BCUT2D eigenvalue weighted by molar-refractivity contribution is -0.255. The van der Waals surface area contributed by atoms with Gasteiger partial charge in [-0.2, -0.15) is 4.31 Å². The normalized spacial score (nSPS) is 15.6. The first-order valence-electron chi connectivity index (χ1n) is 8.35. The molecule has 0 bridgehead atoms. The number of hydrogen-bond donors (Lipinski definition) is 0. The average molecular weight is 358 g/mol. The van der Waals surface area contributed by atoms with Crippen LogP contribution in [0.25, 0.3) is 0 Å². The molecule has 1 aliphatic carbocycles. The number of benzene rings is 2. The van der Waals surface area contributed by atoms with Crippen LogP contribution >= 0.6 is 0 Å². The molecular formula is C19H20NO4S-. The third kappa shape index (κ3) is 3.91. The van der Waals surface area contributed by atoms with Crippen LogP contribution in [0.1, 0.15) is 41.6 Å². The Kier molecular flexibility index (Phi) is 5.20. The lowest BCUT2D eigenvalue weighted by Crippen LogP contribution is -2.38. The Morgan fingerprint density at radius 2 is 1.60 bits per heavy atom. The highest BCUT2D eigenvalue weighted by molar-refractivity contribution is 7.89. The smallest absolute Gasteiger partial charge is 0.243 e. The van der Waals surface area contributed by atoms with Crippen molar-refractivity contribution in [3.8, 4) is 0 Å². The first-order chi connectivity index (χ1) is 12.0.